The molecule has 0 amide bonds. The summed E-state index contributed by atoms with van der Waals surface area (Å²) in [5.41, 5.74) is 1.34. The smallest absolute Gasteiger partial charge is 0.258 e. The molecule has 4 nitrogen and oxygen atoms in total. The van der Waals surface area contributed by atoms with Gasteiger partial charge in [0.2, 0.25) is 0 Å². The number of allylic oxidation sites excluding steroid dienone is 1. The molecule has 2 rings (SSSR count). The predicted octanol–water partition coefficient (Wildman–Crippen LogP) is 4.97. The summed E-state index contributed by atoms with van der Waals surface area (Å²) in [4.78, 5) is 10.3. The predicted molar refractivity (Wildman–Crippen MR) is 83.0 cm³/mol. The highest BCUT2D eigenvalue weighted by Gasteiger charge is 2.09. The van der Waals surface area contributed by atoms with Crippen molar-refractivity contribution in [3.8, 4) is 6.07 Å². The maximum atomic E-state index is 10.8. The first-order chi connectivity index (χ1) is 10.0. The average Bonchev–Trinajstić information content (AvgIpc) is 2.45. The molecule has 0 radical (unpaired) electrons. The Bertz CT molecular complexity index is 779. The number of benzene rings is 2. The van der Waals surface area contributed by atoms with Gasteiger partial charge in [0.05, 0.1) is 21.6 Å². The molecule has 0 bridgehead atoms. The number of nitro groups is 1. The number of nitro benzene ring substituents is 1. The van der Waals surface area contributed by atoms with E-state index in [-0.39, 0.29) is 5.69 Å². The van der Waals surface area contributed by atoms with Gasteiger partial charge in [0, 0.05) is 22.7 Å². The molecule has 6 heteroatoms. The molecule has 0 saturated carbocycles. The molecule has 2 aromatic rings. The zero-order valence-electron chi connectivity index (χ0n) is 10.6. The molecular weight excluding hydrogens is 311 g/mol. The Morgan fingerprint density at radius 1 is 1.24 bits per heavy atom. The van der Waals surface area contributed by atoms with Crippen LogP contribution in [0.25, 0.3) is 11.6 Å². The van der Waals surface area contributed by atoms with E-state index in [4.69, 9.17) is 23.2 Å². The Kier molecular flexibility index (Phi) is 4.59. The summed E-state index contributed by atoms with van der Waals surface area (Å²) in [6, 6.07) is 12.9. The molecule has 2 aromatic carbocycles. The number of hydrogen-bond donors (Lipinski definition) is 0. The topological polar surface area (TPSA) is 66.9 Å². The standard InChI is InChI=1S/C15H8Cl2N2O2/c16-12-4-5-14(15(17)8-12)11(9-18)6-10-2-1-3-13(7-10)19(20)21/h1-8H/b11-6+. The van der Waals surface area contributed by atoms with Crippen LogP contribution in [0, 0.1) is 21.4 Å². The Balaban J connectivity index is 2.48. The second-order valence-electron chi connectivity index (χ2n) is 4.15. The second-order valence-corrected chi connectivity index (χ2v) is 4.99. The number of rotatable bonds is 3. The van der Waals surface area contributed by atoms with Crippen molar-refractivity contribution in [1.29, 1.82) is 5.26 Å². The number of nitrogens with zero attached hydrogens (tertiary/aromatic N) is 2. The summed E-state index contributed by atoms with van der Waals surface area (Å²) in [5.74, 6) is 0. The van der Waals surface area contributed by atoms with Crippen molar-refractivity contribution in [3.63, 3.8) is 0 Å². The first-order valence-corrected chi connectivity index (χ1v) is 6.58. The zero-order valence-corrected chi connectivity index (χ0v) is 12.1. The molecule has 0 aliphatic carbocycles. The molecule has 104 valence electrons. The van der Waals surface area contributed by atoms with E-state index < -0.39 is 4.92 Å². The minimum absolute atomic E-state index is 0.0387. The lowest BCUT2D eigenvalue weighted by Gasteiger charge is -2.03. The minimum Gasteiger partial charge on any atom is -0.258 e. The summed E-state index contributed by atoms with van der Waals surface area (Å²) in [6.07, 6.45) is 1.54. The lowest BCUT2D eigenvalue weighted by molar-refractivity contribution is -0.384. The van der Waals surface area contributed by atoms with Crippen LogP contribution in [0.4, 0.5) is 5.69 Å². The minimum atomic E-state index is -0.487. The fourth-order valence-electron chi connectivity index (χ4n) is 1.77. The van der Waals surface area contributed by atoms with Gasteiger partial charge in [0.1, 0.15) is 0 Å². The Labute approximate surface area is 131 Å². The first kappa shape index (κ1) is 15.0. The van der Waals surface area contributed by atoms with Gasteiger partial charge in [-0.05, 0) is 23.8 Å². The van der Waals surface area contributed by atoms with E-state index in [1.165, 1.54) is 18.2 Å². The van der Waals surface area contributed by atoms with E-state index in [2.05, 4.69) is 0 Å². The van der Waals surface area contributed by atoms with Crippen molar-refractivity contribution in [2.45, 2.75) is 0 Å². The Morgan fingerprint density at radius 2 is 2.00 bits per heavy atom. The maximum absolute atomic E-state index is 10.8. The highest BCUT2D eigenvalue weighted by atomic mass is 35.5. The summed E-state index contributed by atoms with van der Waals surface area (Å²) in [6.45, 7) is 0. The van der Waals surface area contributed by atoms with Gasteiger partial charge in [-0.3, -0.25) is 10.1 Å². The van der Waals surface area contributed by atoms with Gasteiger partial charge in [-0.2, -0.15) is 5.26 Å². The molecule has 0 saturated heterocycles. The number of non-ortho nitro benzene ring substituents is 1. The monoisotopic (exact) mass is 318 g/mol. The van der Waals surface area contributed by atoms with E-state index in [0.29, 0.717) is 26.7 Å². The van der Waals surface area contributed by atoms with Crippen LogP contribution in [-0.4, -0.2) is 4.92 Å². The van der Waals surface area contributed by atoms with Crippen LogP contribution >= 0.6 is 23.2 Å². The van der Waals surface area contributed by atoms with Crippen molar-refractivity contribution in [2.24, 2.45) is 0 Å². The highest BCUT2D eigenvalue weighted by Crippen LogP contribution is 2.28. The molecule has 0 N–H and O–H groups in total. The van der Waals surface area contributed by atoms with Gasteiger partial charge in [-0.15, -0.1) is 0 Å². The molecule has 0 fully saturated rings. The summed E-state index contributed by atoms with van der Waals surface area (Å²) in [5, 5.41) is 20.8. The largest absolute Gasteiger partial charge is 0.270 e. The third-order valence-electron chi connectivity index (χ3n) is 2.73. The lowest BCUT2D eigenvalue weighted by atomic mass is 10.0. The SMILES string of the molecule is N#C/C(=C\c1cccc([N+](=O)[O-])c1)c1ccc(Cl)cc1Cl. The van der Waals surface area contributed by atoms with Crippen molar-refractivity contribution in [3.05, 3.63) is 73.8 Å². The maximum Gasteiger partial charge on any atom is 0.270 e. The lowest BCUT2D eigenvalue weighted by Crippen LogP contribution is -1.88. The quantitative estimate of drug-likeness (QED) is 0.347. The first-order valence-electron chi connectivity index (χ1n) is 5.83. The van der Waals surface area contributed by atoms with E-state index in [1.807, 2.05) is 6.07 Å². The number of hydrogen-bond acceptors (Lipinski definition) is 3. The highest BCUT2D eigenvalue weighted by molar-refractivity contribution is 6.36. The van der Waals surface area contributed by atoms with Gasteiger partial charge in [0.25, 0.3) is 5.69 Å². The summed E-state index contributed by atoms with van der Waals surface area (Å²) < 4.78 is 0. The fraction of sp³-hybridized carbons (Fsp3) is 0. The molecule has 0 aliphatic rings. The van der Waals surface area contributed by atoms with E-state index in [9.17, 15) is 15.4 Å². The van der Waals surface area contributed by atoms with Crippen molar-refractivity contribution < 1.29 is 4.92 Å². The van der Waals surface area contributed by atoms with Gasteiger partial charge >= 0.3 is 0 Å². The summed E-state index contributed by atoms with van der Waals surface area (Å²) in [7, 11) is 0. The fourth-order valence-corrected chi connectivity index (χ4v) is 2.28. The van der Waals surface area contributed by atoms with Crippen LogP contribution in [0.2, 0.25) is 10.0 Å². The second kappa shape index (κ2) is 6.40. The van der Waals surface area contributed by atoms with Gasteiger partial charge in [-0.1, -0.05) is 41.4 Å². The van der Waals surface area contributed by atoms with Crippen LogP contribution in [-0.2, 0) is 0 Å². The number of nitriles is 1. The molecular formula is C15H8Cl2N2O2. The summed E-state index contributed by atoms with van der Waals surface area (Å²) >= 11 is 11.9. The van der Waals surface area contributed by atoms with Crippen LogP contribution in [0.5, 0.6) is 0 Å². The van der Waals surface area contributed by atoms with Crippen molar-refractivity contribution in [1.82, 2.24) is 0 Å². The molecule has 0 aromatic heterocycles. The van der Waals surface area contributed by atoms with Crippen LogP contribution < -0.4 is 0 Å². The van der Waals surface area contributed by atoms with E-state index in [0.717, 1.165) is 0 Å². The van der Waals surface area contributed by atoms with E-state index >= 15 is 0 Å². The third kappa shape index (κ3) is 3.60. The van der Waals surface area contributed by atoms with Crippen LogP contribution in [0.3, 0.4) is 0 Å². The molecule has 0 heterocycles. The molecule has 0 aliphatic heterocycles. The van der Waals surface area contributed by atoms with Crippen molar-refractivity contribution in [2.75, 3.05) is 0 Å². The zero-order chi connectivity index (χ0) is 15.4. The van der Waals surface area contributed by atoms with E-state index in [1.54, 1.807) is 30.3 Å². The van der Waals surface area contributed by atoms with Gasteiger partial charge < -0.3 is 0 Å². The van der Waals surface area contributed by atoms with Crippen LogP contribution in [0.15, 0.2) is 42.5 Å². The van der Waals surface area contributed by atoms with Gasteiger partial charge in [0.15, 0.2) is 0 Å². The normalized spacial score (nSPS) is 11.0. The van der Waals surface area contributed by atoms with Gasteiger partial charge in [-0.25, -0.2) is 0 Å². The van der Waals surface area contributed by atoms with Crippen molar-refractivity contribution >= 4 is 40.5 Å². The molecule has 0 unspecified atom stereocenters. The molecule has 0 atom stereocenters. The third-order valence-corrected chi connectivity index (χ3v) is 3.28. The Morgan fingerprint density at radius 3 is 2.62 bits per heavy atom. The van der Waals surface area contributed by atoms with Crippen LogP contribution in [0.1, 0.15) is 11.1 Å². The number of halogens is 2. The average molecular weight is 319 g/mol. The molecule has 21 heavy (non-hydrogen) atoms. The molecule has 0 spiro atoms. The Hall–Kier alpha value is -2.35.